The highest BCUT2D eigenvalue weighted by molar-refractivity contribution is 7.89. The Labute approximate surface area is 147 Å². The van der Waals surface area contributed by atoms with Crippen molar-refractivity contribution < 1.29 is 17.5 Å². The summed E-state index contributed by atoms with van der Waals surface area (Å²) in [6, 6.07) is 8.11. The van der Waals surface area contributed by atoms with Gasteiger partial charge in [-0.3, -0.25) is 4.90 Å². The fourth-order valence-electron chi connectivity index (χ4n) is 2.90. The molecule has 0 N–H and O–H groups in total. The maximum atomic E-state index is 14.3. The normalized spacial score (nSPS) is 15.4. The molecule has 134 valence electrons. The fourth-order valence-corrected chi connectivity index (χ4v) is 3.67. The van der Waals surface area contributed by atoms with Crippen molar-refractivity contribution in [3.8, 4) is 11.6 Å². The van der Waals surface area contributed by atoms with Crippen LogP contribution < -0.4 is 4.74 Å². The van der Waals surface area contributed by atoms with Crippen molar-refractivity contribution >= 4 is 9.84 Å². The van der Waals surface area contributed by atoms with Crippen LogP contribution in [0.5, 0.6) is 11.6 Å². The fraction of sp³-hybridized carbons (Fsp3) is 0.389. The first-order valence-electron chi connectivity index (χ1n) is 8.20. The van der Waals surface area contributed by atoms with Gasteiger partial charge in [0.15, 0.2) is 21.4 Å². The van der Waals surface area contributed by atoms with Gasteiger partial charge < -0.3 is 4.74 Å². The number of benzene rings is 1. The summed E-state index contributed by atoms with van der Waals surface area (Å²) in [7, 11) is -3.12. The van der Waals surface area contributed by atoms with Gasteiger partial charge in [0.1, 0.15) is 0 Å². The lowest BCUT2D eigenvalue weighted by Crippen LogP contribution is -2.18. The largest absolute Gasteiger partial charge is 0.436 e. The van der Waals surface area contributed by atoms with Crippen molar-refractivity contribution in [3.05, 3.63) is 53.5 Å². The molecule has 0 spiro atoms. The lowest BCUT2D eigenvalue weighted by Gasteiger charge is -2.15. The minimum Gasteiger partial charge on any atom is -0.436 e. The molecule has 0 aliphatic carbocycles. The predicted octanol–water partition coefficient (Wildman–Crippen LogP) is 3.15. The third-order valence-corrected chi connectivity index (χ3v) is 4.90. The summed E-state index contributed by atoms with van der Waals surface area (Å²) in [5, 5.41) is 0. The van der Waals surface area contributed by atoms with Crippen LogP contribution in [0.4, 0.5) is 4.39 Å². The molecule has 0 radical (unpaired) electrons. The second kappa shape index (κ2) is 7.49. The molecular formula is C18H21FN2O3S. The van der Waals surface area contributed by atoms with Crippen LogP contribution in [0.25, 0.3) is 0 Å². The number of rotatable bonds is 6. The minimum absolute atomic E-state index is 0.0835. The molecule has 1 saturated heterocycles. The van der Waals surface area contributed by atoms with Crippen LogP contribution in [0.2, 0.25) is 0 Å². The van der Waals surface area contributed by atoms with Crippen LogP contribution in [0.3, 0.4) is 0 Å². The van der Waals surface area contributed by atoms with Crippen molar-refractivity contribution in [1.29, 1.82) is 0 Å². The van der Waals surface area contributed by atoms with Gasteiger partial charge in [-0.1, -0.05) is 12.1 Å². The number of nitrogens with zero attached hydrogens (tertiary/aromatic N) is 2. The first kappa shape index (κ1) is 17.8. The molecule has 1 aromatic heterocycles. The van der Waals surface area contributed by atoms with Crippen LogP contribution in [-0.4, -0.2) is 37.6 Å². The zero-order chi connectivity index (χ0) is 17.9. The molecule has 0 amide bonds. The van der Waals surface area contributed by atoms with E-state index in [0.717, 1.165) is 31.5 Å². The number of aromatic nitrogens is 1. The predicted molar refractivity (Wildman–Crippen MR) is 93.8 cm³/mol. The van der Waals surface area contributed by atoms with E-state index in [1.807, 2.05) is 6.07 Å². The average Bonchev–Trinajstić information content (AvgIpc) is 3.03. The molecule has 1 aromatic carbocycles. The number of ether oxygens (including phenoxy) is 1. The highest BCUT2D eigenvalue weighted by Crippen LogP contribution is 2.25. The average molecular weight is 364 g/mol. The summed E-state index contributed by atoms with van der Waals surface area (Å²) in [6.07, 6.45) is 4.99. The lowest BCUT2D eigenvalue weighted by molar-refractivity contribution is 0.330. The summed E-state index contributed by atoms with van der Waals surface area (Å²) in [5.74, 6) is -0.185. The number of sulfone groups is 1. The van der Waals surface area contributed by atoms with E-state index in [1.54, 1.807) is 12.1 Å². The maximum Gasteiger partial charge on any atom is 0.219 e. The molecule has 0 atom stereocenters. The summed E-state index contributed by atoms with van der Waals surface area (Å²) in [6.45, 7) is 2.86. The topological polar surface area (TPSA) is 59.5 Å². The first-order valence-corrected chi connectivity index (χ1v) is 10.3. The van der Waals surface area contributed by atoms with Gasteiger partial charge in [-0.15, -0.1) is 0 Å². The Balaban J connectivity index is 1.66. The zero-order valence-corrected chi connectivity index (χ0v) is 14.9. The highest BCUT2D eigenvalue weighted by atomic mass is 32.2. The minimum atomic E-state index is -3.12. The number of pyridine rings is 1. The molecule has 0 bridgehead atoms. The number of likely N-dealkylation sites (tertiary alicyclic amines) is 1. The summed E-state index contributed by atoms with van der Waals surface area (Å²) in [5.41, 5.74) is 1.49. The molecule has 2 heterocycles. The lowest BCUT2D eigenvalue weighted by atomic mass is 10.2. The van der Waals surface area contributed by atoms with E-state index < -0.39 is 15.7 Å². The van der Waals surface area contributed by atoms with E-state index in [9.17, 15) is 12.8 Å². The van der Waals surface area contributed by atoms with Crippen LogP contribution in [0.15, 0.2) is 36.5 Å². The van der Waals surface area contributed by atoms with E-state index in [4.69, 9.17) is 4.74 Å². The second-order valence-electron chi connectivity index (χ2n) is 6.42. The van der Waals surface area contributed by atoms with Gasteiger partial charge in [-0.2, -0.15) is 0 Å². The van der Waals surface area contributed by atoms with Crippen molar-refractivity contribution in [2.75, 3.05) is 19.3 Å². The van der Waals surface area contributed by atoms with Gasteiger partial charge in [0, 0.05) is 25.1 Å². The van der Waals surface area contributed by atoms with Gasteiger partial charge in [0.05, 0.1) is 5.75 Å². The van der Waals surface area contributed by atoms with Gasteiger partial charge >= 0.3 is 0 Å². The van der Waals surface area contributed by atoms with Crippen molar-refractivity contribution in [1.82, 2.24) is 9.88 Å². The second-order valence-corrected chi connectivity index (χ2v) is 8.57. The number of halogens is 1. The van der Waals surface area contributed by atoms with Crippen LogP contribution in [0.1, 0.15) is 24.0 Å². The smallest absolute Gasteiger partial charge is 0.219 e. The van der Waals surface area contributed by atoms with E-state index in [0.29, 0.717) is 5.56 Å². The molecule has 1 aliphatic heterocycles. The van der Waals surface area contributed by atoms with Gasteiger partial charge in [-0.25, -0.2) is 17.8 Å². The number of hydrogen-bond acceptors (Lipinski definition) is 5. The summed E-state index contributed by atoms with van der Waals surface area (Å²) in [4.78, 5) is 6.35. The van der Waals surface area contributed by atoms with Crippen molar-refractivity contribution in [2.24, 2.45) is 0 Å². The van der Waals surface area contributed by atoms with Gasteiger partial charge in [0.25, 0.3) is 0 Å². The van der Waals surface area contributed by atoms with E-state index in [1.165, 1.54) is 31.2 Å². The molecule has 25 heavy (non-hydrogen) atoms. The third-order valence-electron chi connectivity index (χ3n) is 4.04. The maximum absolute atomic E-state index is 14.3. The molecule has 1 aliphatic rings. The van der Waals surface area contributed by atoms with E-state index >= 15 is 0 Å². The van der Waals surface area contributed by atoms with Gasteiger partial charge in [0.2, 0.25) is 5.88 Å². The number of hydrogen-bond donors (Lipinski definition) is 0. The van der Waals surface area contributed by atoms with Crippen LogP contribution >= 0.6 is 0 Å². The molecule has 0 saturated carbocycles. The third kappa shape index (κ3) is 5.24. The monoisotopic (exact) mass is 364 g/mol. The van der Waals surface area contributed by atoms with Crippen LogP contribution in [-0.2, 0) is 22.1 Å². The first-order chi connectivity index (χ1) is 11.9. The Hall–Kier alpha value is -1.99. The molecular weight excluding hydrogens is 343 g/mol. The summed E-state index contributed by atoms with van der Waals surface area (Å²) < 4.78 is 42.3. The van der Waals surface area contributed by atoms with E-state index in [-0.39, 0.29) is 17.4 Å². The molecule has 3 rings (SSSR count). The SMILES string of the molecule is CS(=O)(=O)Cc1ccc(Oc2ccc(CN3CCCC3)cc2F)nc1. The highest BCUT2D eigenvalue weighted by Gasteiger charge is 2.14. The molecule has 0 unspecified atom stereocenters. The van der Waals surface area contributed by atoms with Crippen molar-refractivity contribution in [2.45, 2.75) is 25.1 Å². The molecule has 5 nitrogen and oxygen atoms in total. The van der Waals surface area contributed by atoms with Crippen molar-refractivity contribution in [3.63, 3.8) is 0 Å². The molecule has 7 heteroatoms. The molecule has 1 fully saturated rings. The molecule has 2 aromatic rings. The quantitative estimate of drug-likeness (QED) is 0.788. The standard InChI is InChI=1S/C18H21FN2O3S/c1-25(22,23)13-15-5-7-18(20-11-15)24-17-6-4-14(10-16(17)19)12-21-8-2-3-9-21/h4-7,10-11H,2-3,8-9,12-13H2,1H3. The Kier molecular flexibility index (Phi) is 5.34. The Bertz CT molecular complexity index is 832. The van der Waals surface area contributed by atoms with Gasteiger partial charge in [-0.05, 0) is 49.2 Å². The Morgan fingerprint density at radius 1 is 1.16 bits per heavy atom. The summed E-state index contributed by atoms with van der Waals surface area (Å²) >= 11 is 0. The Morgan fingerprint density at radius 3 is 2.48 bits per heavy atom. The van der Waals surface area contributed by atoms with Crippen LogP contribution in [0, 0.1) is 5.82 Å². The Morgan fingerprint density at radius 2 is 1.88 bits per heavy atom. The zero-order valence-electron chi connectivity index (χ0n) is 14.1. The van der Waals surface area contributed by atoms with E-state index in [2.05, 4.69) is 9.88 Å².